The van der Waals surface area contributed by atoms with Gasteiger partial charge in [0.05, 0.1) is 30.0 Å². The van der Waals surface area contributed by atoms with Gasteiger partial charge in [-0.2, -0.15) is 26.3 Å². The largest absolute Gasteiger partial charge is 0.508 e. The molecule has 1 heterocycles. The number of aliphatic imine (C=N–C) groups is 1. The minimum absolute atomic E-state index is 0.0175. The molecule has 42 heavy (non-hydrogen) atoms. The maximum atomic E-state index is 13.8. The average Bonchev–Trinajstić information content (AvgIpc) is 2.91. The minimum Gasteiger partial charge on any atom is -0.508 e. The first-order valence-corrected chi connectivity index (χ1v) is 12.9. The Kier molecular flexibility index (Phi) is 8.07. The fourth-order valence-electron chi connectivity index (χ4n) is 4.72. The number of alkyl halides is 6. The summed E-state index contributed by atoms with van der Waals surface area (Å²) < 4.78 is 88.3. The molecule has 0 saturated heterocycles. The van der Waals surface area contributed by atoms with E-state index in [1.165, 1.54) is 25.3 Å². The Morgan fingerprint density at radius 3 is 2.02 bits per heavy atom. The van der Waals surface area contributed by atoms with Gasteiger partial charge in [-0.3, -0.25) is 0 Å². The number of anilines is 1. The highest BCUT2D eigenvalue weighted by atomic mass is 32.1. The second kappa shape index (κ2) is 11.0. The Labute approximate surface area is 243 Å². The summed E-state index contributed by atoms with van der Waals surface area (Å²) in [5, 5.41) is 20.2. The van der Waals surface area contributed by atoms with Crippen molar-refractivity contribution in [1.82, 2.24) is 0 Å². The molecule has 4 rings (SSSR count). The van der Waals surface area contributed by atoms with Gasteiger partial charge in [0, 0.05) is 34.7 Å². The smallest absolute Gasteiger partial charge is 0.416 e. The Balaban J connectivity index is 2.02. The number of phenols is 2. The van der Waals surface area contributed by atoms with Crippen molar-refractivity contribution in [3.63, 3.8) is 0 Å². The molecule has 222 valence electrons. The van der Waals surface area contributed by atoms with Gasteiger partial charge in [-0.05, 0) is 66.3 Å². The first kappa shape index (κ1) is 30.9. The molecule has 2 N–H and O–H groups in total. The Hall–Kier alpha value is -4.06. The van der Waals surface area contributed by atoms with Crippen molar-refractivity contribution in [2.45, 2.75) is 44.1 Å². The normalized spacial score (nSPS) is 16.3. The van der Waals surface area contributed by atoms with Crippen molar-refractivity contribution in [2.24, 2.45) is 4.99 Å². The quantitative estimate of drug-likeness (QED) is 0.167. The van der Waals surface area contributed by atoms with E-state index in [9.17, 15) is 36.6 Å². The van der Waals surface area contributed by atoms with E-state index in [2.05, 4.69) is 11.6 Å². The lowest BCUT2D eigenvalue weighted by Crippen LogP contribution is -2.39. The van der Waals surface area contributed by atoms with Gasteiger partial charge >= 0.3 is 12.4 Å². The van der Waals surface area contributed by atoms with Crippen molar-refractivity contribution in [2.75, 3.05) is 12.0 Å². The molecular weight excluding hydrogens is 582 g/mol. The highest BCUT2D eigenvalue weighted by molar-refractivity contribution is 7.80. The number of rotatable bonds is 6. The first-order chi connectivity index (χ1) is 19.5. The van der Waals surface area contributed by atoms with Crippen LogP contribution in [0.5, 0.6) is 17.2 Å². The van der Waals surface area contributed by atoms with Gasteiger partial charge in [0.15, 0.2) is 0 Å². The van der Waals surface area contributed by atoms with Crippen molar-refractivity contribution in [3.8, 4) is 17.2 Å². The lowest BCUT2D eigenvalue weighted by atomic mass is 9.81. The van der Waals surface area contributed by atoms with Gasteiger partial charge < -0.3 is 19.8 Å². The molecule has 0 spiro atoms. The monoisotopic (exact) mass is 608 g/mol. The number of hydrogen-bond acceptors (Lipinski definition) is 4. The van der Waals surface area contributed by atoms with Crippen LogP contribution < -0.4 is 9.64 Å². The molecule has 0 amide bonds. The summed E-state index contributed by atoms with van der Waals surface area (Å²) >= 11 is 5.52. The lowest BCUT2D eigenvalue weighted by Gasteiger charge is -2.38. The third-order valence-corrected chi connectivity index (χ3v) is 7.39. The molecule has 12 heteroatoms. The van der Waals surface area contributed by atoms with Crippen LogP contribution in [0.4, 0.5) is 32.0 Å². The summed E-state index contributed by atoms with van der Waals surface area (Å²) in [6.45, 7) is 7.36. The molecule has 1 unspecified atom stereocenters. The third-order valence-electron chi connectivity index (χ3n) is 7.10. The van der Waals surface area contributed by atoms with Gasteiger partial charge in [0.25, 0.3) is 0 Å². The molecule has 1 atom stereocenters. The SMILES string of the molecule is C=CC(C)(C)c1cc(C2CC(c3ccc(O)cc3)=NC(=S)N2c2cc(C(F)(F)F)cc(C(F)(F)F)c2)c(OC)cc1O. The number of thiocarbonyl (C=S) groups is 1. The van der Waals surface area contributed by atoms with E-state index in [0.717, 1.165) is 4.90 Å². The predicted molar refractivity (Wildman–Crippen MR) is 151 cm³/mol. The summed E-state index contributed by atoms with van der Waals surface area (Å²) in [6, 6.07) is 9.08. The Morgan fingerprint density at radius 1 is 0.952 bits per heavy atom. The summed E-state index contributed by atoms with van der Waals surface area (Å²) in [4.78, 5) is 5.51. The van der Waals surface area contributed by atoms with Gasteiger partial charge in [-0.25, -0.2) is 4.99 Å². The van der Waals surface area contributed by atoms with E-state index >= 15 is 0 Å². The predicted octanol–water partition coefficient (Wildman–Crippen LogP) is 8.33. The van der Waals surface area contributed by atoms with E-state index in [4.69, 9.17) is 17.0 Å². The van der Waals surface area contributed by atoms with Crippen LogP contribution in [0.3, 0.4) is 0 Å². The molecule has 0 radical (unpaired) electrons. The number of hydrogen-bond donors (Lipinski definition) is 2. The van der Waals surface area contributed by atoms with Gasteiger partial charge in [0.2, 0.25) is 5.11 Å². The van der Waals surface area contributed by atoms with Gasteiger partial charge in [-0.15, -0.1) is 6.58 Å². The van der Waals surface area contributed by atoms with E-state index < -0.39 is 40.6 Å². The number of aromatic hydroxyl groups is 2. The third kappa shape index (κ3) is 6.08. The standard InChI is InChI=1S/C30H26F6N2O3S/c1-5-28(2,3)22-13-21(26(41-4)15-25(22)40)24-14-23(16-6-8-20(39)9-7-16)37-27(42)38(24)19-11-17(29(31,32)33)10-18(12-19)30(34,35)36/h5-13,15,24,39-40H,1,14H2,2-4H3. The fourth-order valence-corrected chi connectivity index (χ4v) is 5.07. The molecular formula is C30H26F6N2O3S. The maximum Gasteiger partial charge on any atom is 0.416 e. The van der Waals surface area contributed by atoms with Crippen LogP contribution in [0.1, 0.15) is 54.1 Å². The Morgan fingerprint density at radius 2 is 1.52 bits per heavy atom. The Bertz CT molecular complexity index is 1530. The van der Waals surface area contributed by atoms with Crippen molar-refractivity contribution < 1.29 is 41.3 Å². The zero-order valence-electron chi connectivity index (χ0n) is 22.6. The number of phenolic OH excluding ortho intramolecular Hbond substituents is 2. The molecule has 3 aromatic rings. The molecule has 0 aliphatic carbocycles. The zero-order valence-corrected chi connectivity index (χ0v) is 23.5. The fraction of sp³-hybridized carbons (Fsp3) is 0.267. The van der Waals surface area contributed by atoms with E-state index in [-0.39, 0.29) is 34.8 Å². The van der Waals surface area contributed by atoms with Gasteiger partial charge in [0.1, 0.15) is 17.2 Å². The molecule has 0 fully saturated rings. The van der Waals surface area contributed by atoms with Crippen LogP contribution in [-0.2, 0) is 17.8 Å². The molecule has 1 aliphatic rings. The van der Waals surface area contributed by atoms with Crippen LogP contribution in [0.25, 0.3) is 0 Å². The second-order valence-corrected chi connectivity index (χ2v) is 10.6. The molecule has 5 nitrogen and oxygen atoms in total. The van der Waals surface area contributed by atoms with Crippen LogP contribution >= 0.6 is 12.2 Å². The molecule has 0 aromatic heterocycles. The van der Waals surface area contributed by atoms with Gasteiger partial charge in [-0.1, -0.05) is 19.9 Å². The molecule has 0 saturated carbocycles. The molecule has 3 aromatic carbocycles. The summed E-state index contributed by atoms with van der Waals surface area (Å²) in [7, 11) is 1.32. The van der Waals surface area contributed by atoms with Crippen molar-refractivity contribution in [3.05, 3.63) is 95.1 Å². The van der Waals surface area contributed by atoms with E-state index in [0.29, 0.717) is 34.5 Å². The number of allylic oxidation sites excluding steroid dienone is 1. The number of nitrogens with zero attached hydrogens (tertiary/aromatic N) is 2. The molecule has 0 bridgehead atoms. The highest BCUT2D eigenvalue weighted by Crippen LogP contribution is 2.46. The zero-order chi connectivity index (χ0) is 31.2. The van der Waals surface area contributed by atoms with Crippen LogP contribution in [-0.4, -0.2) is 28.1 Å². The van der Waals surface area contributed by atoms with Crippen LogP contribution in [0, 0.1) is 0 Å². The lowest BCUT2D eigenvalue weighted by molar-refractivity contribution is -0.143. The summed E-state index contributed by atoms with van der Waals surface area (Å²) in [6.07, 6.45) is -8.60. The number of halogens is 6. The van der Waals surface area contributed by atoms with E-state index in [1.807, 2.05) is 0 Å². The number of ether oxygens (including phenoxy) is 1. The topological polar surface area (TPSA) is 65.3 Å². The van der Waals surface area contributed by atoms with Crippen LogP contribution in [0.15, 0.2) is 72.2 Å². The maximum absolute atomic E-state index is 13.8. The summed E-state index contributed by atoms with van der Waals surface area (Å²) in [5.41, 5.74) is -2.62. The van der Waals surface area contributed by atoms with Crippen molar-refractivity contribution >= 4 is 28.7 Å². The van der Waals surface area contributed by atoms with Crippen LogP contribution in [0.2, 0.25) is 0 Å². The van der Waals surface area contributed by atoms with Crippen molar-refractivity contribution in [1.29, 1.82) is 0 Å². The average molecular weight is 609 g/mol. The number of methoxy groups -OCH3 is 1. The highest BCUT2D eigenvalue weighted by Gasteiger charge is 2.40. The minimum atomic E-state index is -5.08. The van der Waals surface area contributed by atoms with E-state index in [1.54, 1.807) is 38.1 Å². The number of benzene rings is 3. The first-order valence-electron chi connectivity index (χ1n) is 12.5. The second-order valence-electron chi connectivity index (χ2n) is 10.3. The summed E-state index contributed by atoms with van der Waals surface area (Å²) in [5.74, 6) is -0.0313. The molecule has 1 aliphatic heterocycles.